The summed E-state index contributed by atoms with van der Waals surface area (Å²) < 4.78 is 0. The van der Waals surface area contributed by atoms with Crippen molar-refractivity contribution in [3.63, 3.8) is 0 Å². The summed E-state index contributed by atoms with van der Waals surface area (Å²) in [6.07, 6.45) is 24.8. The fourth-order valence-electron chi connectivity index (χ4n) is 5.67. The molecule has 2 aliphatic rings. The lowest BCUT2D eigenvalue weighted by Crippen LogP contribution is -2.22. The van der Waals surface area contributed by atoms with E-state index in [-0.39, 0.29) is 0 Å². The Balaban J connectivity index is 1.14. The summed E-state index contributed by atoms with van der Waals surface area (Å²) in [6.45, 7) is 4.32. The topological polar surface area (TPSA) is 51.6 Å². The summed E-state index contributed by atoms with van der Waals surface area (Å²) in [7, 11) is 0. The van der Waals surface area contributed by atoms with E-state index in [2.05, 4.69) is 33.8 Å². The van der Waals surface area contributed by atoms with Crippen molar-refractivity contribution in [1.82, 2.24) is 19.9 Å². The highest BCUT2D eigenvalue weighted by atomic mass is 14.9. The van der Waals surface area contributed by atoms with Gasteiger partial charge in [0.1, 0.15) is 11.6 Å². The second-order valence-corrected chi connectivity index (χ2v) is 10.1. The largest absolute Gasteiger partial charge is 0.241 e. The van der Waals surface area contributed by atoms with Crippen LogP contribution in [-0.2, 0) is 25.7 Å². The van der Waals surface area contributed by atoms with Crippen molar-refractivity contribution in [3.8, 4) is 0 Å². The average molecular weight is 421 g/mol. The number of rotatable bonds is 8. The van der Waals surface area contributed by atoms with Crippen molar-refractivity contribution < 1.29 is 0 Å². The molecule has 31 heavy (non-hydrogen) atoms. The van der Waals surface area contributed by atoms with Crippen molar-refractivity contribution in [2.75, 3.05) is 0 Å². The number of aryl methyl sites for hydroxylation is 2. The molecule has 2 saturated carbocycles. The zero-order chi connectivity index (χ0) is 21.5. The third-order valence-electron chi connectivity index (χ3n) is 7.88. The SMILES string of the molecule is CCc1cnc(CC2CCC(CC3CCC(Cc4ncc(CC)cn4)CC3)CC2)nc1. The van der Waals surface area contributed by atoms with Crippen LogP contribution in [0.5, 0.6) is 0 Å². The average Bonchev–Trinajstić information content (AvgIpc) is 2.82. The predicted octanol–water partition coefficient (Wildman–Crippen LogP) is 6.18. The molecular weight excluding hydrogens is 380 g/mol. The van der Waals surface area contributed by atoms with Crippen LogP contribution in [0.1, 0.15) is 94.4 Å². The Morgan fingerprint density at radius 2 is 0.871 bits per heavy atom. The minimum absolute atomic E-state index is 0.790. The number of hydrogen-bond acceptors (Lipinski definition) is 4. The summed E-state index contributed by atoms with van der Waals surface area (Å²) in [6, 6.07) is 0. The van der Waals surface area contributed by atoms with Gasteiger partial charge in [-0.15, -0.1) is 0 Å². The molecule has 4 rings (SSSR count). The van der Waals surface area contributed by atoms with Gasteiger partial charge in [0.05, 0.1) is 0 Å². The van der Waals surface area contributed by atoms with E-state index in [1.165, 1.54) is 68.9 Å². The number of nitrogens with zero attached hydrogens (tertiary/aromatic N) is 4. The third kappa shape index (κ3) is 6.57. The molecule has 2 aromatic heterocycles. The smallest absolute Gasteiger partial charge is 0.128 e. The summed E-state index contributed by atoms with van der Waals surface area (Å²) >= 11 is 0. The van der Waals surface area contributed by atoms with Gasteiger partial charge in [0.2, 0.25) is 0 Å². The van der Waals surface area contributed by atoms with E-state index < -0.39 is 0 Å². The highest BCUT2D eigenvalue weighted by molar-refractivity contribution is 5.06. The van der Waals surface area contributed by atoms with Gasteiger partial charge in [0.25, 0.3) is 0 Å². The molecule has 2 aliphatic carbocycles. The van der Waals surface area contributed by atoms with Crippen molar-refractivity contribution in [1.29, 1.82) is 0 Å². The molecular formula is C27H40N4. The zero-order valence-electron chi connectivity index (χ0n) is 19.6. The highest BCUT2D eigenvalue weighted by Gasteiger charge is 2.27. The molecule has 0 aliphatic heterocycles. The molecule has 0 amide bonds. The Morgan fingerprint density at radius 1 is 0.548 bits per heavy atom. The van der Waals surface area contributed by atoms with Crippen LogP contribution in [0.4, 0.5) is 0 Å². The molecule has 168 valence electrons. The maximum atomic E-state index is 4.58. The van der Waals surface area contributed by atoms with Gasteiger partial charge in [0, 0.05) is 37.6 Å². The molecule has 0 radical (unpaired) electrons. The van der Waals surface area contributed by atoms with Crippen LogP contribution in [0, 0.1) is 23.7 Å². The molecule has 4 heteroatoms. The van der Waals surface area contributed by atoms with Crippen LogP contribution in [0.3, 0.4) is 0 Å². The Labute approximate surface area is 188 Å². The standard InChI is InChI=1S/C27H40N4/c1-3-20-16-28-26(29-17-20)14-24-9-5-22(6-10-24)13-23-7-11-25(12-8-23)15-27-30-18-21(4-2)19-31-27/h16-19,22-25H,3-15H2,1-2H3. The van der Waals surface area contributed by atoms with E-state index in [9.17, 15) is 0 Å². The molecule has 2 heterocycles. The van der Waals surface area contributed by atoms with Gasteiger partial charge in [0.15, 0.2) is 0 Å². The molecule has 0 bridgehead atoms. The highest BCUT2D eigenvalue weighted by Crippen LogP contribution is 2.39. The molecule has 0 spiro atoms. The lowest BCUT2D eigenvalue weighted by Gasteiger charge is -2.34. The fourth-order valence-corrected chi connectivity index (χ4v) is 5.67. The third-order valence-corrected chi connectivity index (χ3v) is 7.88. The van der Waals surface area contributed by atoms with Crippen molar-refractivity contribution in [2.24, 2.45) is 23.7 Å². The van der Waals surface area contributed by atoms with E-state index in [1.807, 2.05) is 24.8 Å². The molecule has 0 N–H and O–H groups in total. The van der Waals surface area contributed by atoms with Crippen LogP contribution in [0.15, 0.2) is 24.8 Å². The minimum Gasteiger partial charge on any atom is -0.241 e. The molecule has 0 atom stereocenters. The molecule has 2 fully saturated rings. The Hall–Kier alpha value is -1.84. The molecule has 4 nitrogen and oxygen atoms in total. The Kier molecular flexibility index (Phi) is 8.04. The maximum Gasteiger partial charge on any atom is 0.128 e. The summed E-state index contributed by atoms with van der Waals surface area (Å²) in [5, 5.41) is 0. The maximum absolute atomic E-state index is 4.58. The van der Waals surface area contributed by atoms with Crippen molar-refractivity contribution in [2.45, 2.75) is 97.3 Å². The fraction of sp³-hybridized carbons (Fsp3) is 0.704. The normalized spacial score (nSPS) is 26.6. The monoisotopic (exact) mass is 420 g/mol. The van der Waals surface area contributed by atoms with E-state index in [4.69, 9.17) is 0 Å². The van der Waals surface area contributed by atoms with Gasteiger partial charge in [-0.1, -0.05) is 39.5 Å². The quantitative estimate of drug-likeness (QED) is 0.512. The van der Waals surface area contributed by atoms with E-state index in [0.717, 1.165) is 61.0 Å². The molecule has 2 aromatic rings. The minimum atomic E-state index is 0.790. The van der Waals surface area contributed by atoms with Crippen LogP contribution >= 0.6 is 0 Å². The Bertz CT molecular complexity index is 702. The lowest BCUT2D eigenvalue weighted by atomic mass is 9.72. The van der Waals surface area contributed by atoms with Gasteiger partial charge < -0.3 is 0 Å². The second kappa shape index (κ2) is 11.2. The first-order valence-corrected chi connectivity index (χ1v) is 12.8. The van der Waals surface area contributed by atoms with Gasteiger partial charge in [-0.2, -0.15) is 0 Å². The van der Waals surface area contributed by atoms with Crippen LogP contribution < -0.4 is 0 Å². The lowest BCUT2D eigenvalue weighted by molar-refractivity contribution is 0.189. The van der Waals surface area contributed by atoms with Crippen molar-refractivity contribution >= 4 is 0 Å². The van der Waals surface area contributed by atoms with E-state index >= 15 is 0 Å². The summed E-state index contributed by atoms with van der Waals surface area (Å²) in [5.74, 6) is 5.58. The molecule has 0 unspecified atom stereocenters. The number of aromatic nitrogens is 4. The zero-order valence-corrected chi connectivity index (χ0v) is 19.6. The van der Waals surface area contributed by atoms with E-state index in [1.54, 1.807) is 0 Å². The summed E-state index contributed by atoms with van der Waals surface area (Å²) in [4.78, 5) is 18.3. The second-order valence-electron chi connectivity index (χ2n) is 10.1. The number of hydrogen-bond donors (Lipinski definition) is 0. The first-order chi connectivity index (χ1) is 15.2. The first kappa shape index (κ1) is 22.4. The van der Waals surface area contributed by atoms with Crippen molar-refractivity contribution in [3.05, 3.63) is 47.6 Å². The van der Waals surface area contributed by atoms with Gasteiger partial charge in [-0.05, 0) is 79.7 Å². The summed E-state index contributed by atoms with van der Waals surface area (Å²) in [5.41, 5.74) is 2.48. The first-order valence-electron chi connectivity index (χ1n) is 12.8. The molecule has 0 aromatic carbocycles. The van der Waals surface area contributed by atoms with Gasteiger partial charge >= 0.3 is 0 Å². The van der Waals surface area contributed by atoms with Gasteiger partial charge in [-0.3, -0.25) is 0 Å². The van der Waals surface area contributed by atoms with E-state index in [0.29, 0.717) is 0 Å². The molecule has 0 saturated heterocycles. The van der Waals surface area contributed by atoms with Crippen LogP contribution in [0.25, 0.3) is 0 Å². The van der Waals surface area contributed by atoms with Gasteiger partial charge in [-0.25, -0.2) is 19.9 Å². The Morgan fingerprint density at radius 3 is 1.19 bits per heavy atom. The van der Waals surface area contributed by atoms with Crippen LogP contribution in [-0.4, -0.2) is 19.9 Å². The van der Waals surface area contributed by atoms with Crippen LogP contribution in [0.2, 0.25) is 0 Å². The predicted molar refractivity (Wildman–Crippen MR) is 126 cm³/mol.